The van der Waals surface area contributed by atoms with Crippen molar-refractivity contribution in [3.05, 3.63) is 41.6 Å². The molecule has 0 spiro atoms. The molecule has 2 aromatic rings. The molecular weight excluding hydrogens is 398 g/mol. The Kier molecular flexibility index (Phi) is 5.60. The first-order valence-corrected chi connectivity index (χ1v) is 10.7. The Balaban J connectivity index is 1.52. The highest BCUT2D eigenvalue weighted by Crippen LogP contribution is 2.27. The third-order valence-electron chi connectivity index (χ3n) is 6.47. The van der Waals surface area contributed by atoms with E-state index in [1.54, 1.807) is 39.4 Å². The predicted molar refractivity (Wildman–Crippen MR) is 112 cm³/mol. The minimum absolute atomic E-state index is 0.146. The Morgan fingerprint density at radius 3 is 2.74 bits per heavy atom. The smallest absolute Gasteiger partial charge is 0.274 e. The summed E-state index contributed by atoms with van der Waals surface area (Å²) in [7, 11) is 3.28. The number of likely N-dealkylation sites (N-methyl/N-ethyl adjacent to an activating group) is 1. The molecule has 4 rings (SSSR count). The molecule has 1 aliphatic heterocycles. The largest absolute Gasteiger partial charge is 0.467 e. The van der Waals surface area contributed by atoms with E-state index in [1.165, 1.54) is 27.0 Å². The van der Waals surface area contributed by atoms with Crippen LogP contribution >= 0.6 is 0 Å². The maximum atomic E-state index is 13.1. The molecule has 0 radical (unpaired) electrons. The Hall–Kier alpha value is -3.10. The van der Waals surface area contributed by atoms with Crippen LogP contribution < -0.4 is 5.32 Å². The fourth-order valence-electron chi connectivity index (χ4n) is 4.32. The molecule has 1 N–H and O–H groups in total. The van der Waals surface area contributed by atoms with Gasteiger partial charge in [0.2, 0.25) is 5.91 Å². The number of hydrogen-bond donors (Lipinski definition) is 1. The fraction of sp³-hybridized carbons (Fsp3) is 0.545. The second-order valence-corrected chi connectivity index (χ2v) is 8.76. The van der Waals surface area contributed by atoms with Crippen LogP contribution in [0.3, 0.4) is 0 Å². The minimum Gasteiger partial charge on any atom is -0.467 e. The van der Waals surface area contributed by atoms with Crippen molar-refractivity contribution in [2.45, 2.75) is 63.7 Å². The molecule has 2 aliphatic rings. The lowest BCUT2D eigenvalue weighted by molar-refractivity contribution is -0.133. The van der Waals surface area contributed by atoms with E-state index in [4.69, 9.17) is 4.42 Å². The molecule has 0 saturated heterocycles. The summed E-state index contributed by atoms with van der Waals surface area (Å²) in [6.07, 6.45) is 6.90. The van der Waals surface area contributed by atoms with Crippen molar-refractivity contribution in [2.75, 3.05) is 14.1 Å². The number of carbonyl (C=O) groups excluding carboxylic acids is 3. The van der Waals surface area contributed by atoms with Gasteiger partial charge >= 0.3 is 0 Å². The van der Waals surface area contributed by atoms with Gasteiger partial charge in [-0.25, -0.2) is 0 Å². The molecule has 1 fully saturated rings. The maximum Gasteiger partial charge on any atom is 0.274 e. The van der Waals surface area contributed by atoms with Crippen LogP contribution in [0.1, 0.15) is 65.8 Å². The molecular formula is C22H29N5O4. The normalized spacial score (nSPS) is 21.6. The Bertz CT molecular complexity index is 976. The van der Waals surface area contributed by atoms with Crippen molar-refractivity contribution >= 4 is 17.7 Å². The van der Waals surface area contributed by atoms with Gasteiger partial charge in [0.15, 0.2) is 5.69 Å². The SMILES string of the molecule is CN(Cc1ccco1)C(=O)c1cc2n(n1)CC(C)(C(=O)NC1CCCCC1)N(C)C2=O. The summed E-state index contributed by atoms with van der Waals surface area (Å²) in [5.74, 6) is -0.170. The molecule has 1 aliphatic carbocycles. The van der Waals surface area contributed by atoms with E-state index in [1.807, 2.05) is 0 Å². The van der Waals surface area contributed by atoms with E-state index < -0.39 is 5.54 Å². The molecule has 166 valence electrons. The molecule has 3 amide bonds. The maximum absolute atomic E-state index is 13.1. The zero-order valence-corrected chi connectivity index (χ0v) is 18.3. The number of nitrogens with zero attached hydrogens (tertiary/aromatic N) is 4. The van der Waals surface area contributed by atoms with Crippen LogP contribution in [0, 0.1) is 0 Å². The summed E-state index contributed by atoms with van der Waals surface area (Å²) >= 11 is 0. The first kappa shape index (κ1) is 21.1. The van der Waals surface area contributed by atoms with Gasteiger partial charge in [-0.2, -0.15) is 5.10 Å². The van der Waals surface area contributed by atoms with E-state index in [0.717, 1.165) is 25.7 Å². The summed E-state index contributed by atoms with van der Waals surface area (Å²) in [6.45, 7) is 2.24. The highest BCUT2D eigenvalue weighted by molar-refractivity contribution is 6.01. The number of furan rings is 1. The van der Waals surface area contributed by atoms with Crippen molar-refractivity contribution in [1.82, 2.24) is 24.9 Å². The van der Waals surface area contributed by atoms with Gasteiger partial charge in [0.25, 0.3) is 11.8 Å². The molecule has 1 unspecified atom stereocenters. The van der Waals surface area contributed by atoms with Crippen molar-refractivity contribution in [3.8, 4) is 0 Å². The first-order chi connectivity index (χ1) is 14.8. The van der Waals surface area contributed by atoms with Gasteiger partial charge in [0.1, 0.15) is 17.0 Å². The summed E-state index contributed by atoms with van der Waals surface area (Å²) in [5.41, 5.74) is -0.601. The number of hydrogen-bond acceptors (Lipinski definition) is 5. The zero-order chi connectivity index (χ0) is 22.2. The van der Waals surface area contributed by atoms with Gasteiger partial charge in [0.05, 0.1) is 19.4 Å². The van der Waals surface area contributed by atoms with E-state index in [2.05, 4.69) is 10.4 Å². The van der Waals surface area contributed by atoms with Crippen LogP contribution in [-0.2, 0) is 17.9 Å². The molecule has 2 aromatic heterocycles. The average molecular weight is 428 g/mol. The van der Waals surface area contributed by atoms with Crippen LogP contribution in [0.25, 0.3) is 0 Å². The van der Waals surface area contributed by atoms with Crippen molar-refractivity contribution in [3.63, 3.8) is 0 Å². The number of nitrogens with one attached hydrogen (secondary N) is 1. The minimum atomic E-state index is -1.08. The second-order valence-electron chi connectivity index (χ2n) is 8.76. The van der Waals surface area contributed by atoms with Gasteiger partial charge in [-0.1, -0.05) is 19.3 Å². The van der Waals surface area contributed by atoms with Crippen molar-refractivity contribution < 1.29 is 18.8 Å². The van der Waals surface area contributed by atoms with Crippen molar-refractivity contribution in [1.29, 1.82) is 0 Å². The van der Waals surface area contributed by atoms with Gasteiger partial charge in [-0.05, 0) is 31.9 Å². The number of rotatable bonds is 5. The lowest BCUT2D eigenvalue weighted by atomic mass is 9.92. The Morgan fingerprint density at radius 1 is 1.32 bits per heavy atom. The quantitative estimate of drug-likeness (QED) is 0.787. The van der Waals surface area contributed by atoms with Crippen LogP contribution in [0.15, 0.2) is 28.9 Å². The van der Waals surface area contributed by atoms with Crippen molar-refractivity contribution in [2.24, 2.45) is 0 Å². The van der Waals surface area contributed by atoms with E-state index in [9.17, 15) is 14.4 Å². The molecule has 0 aromatic carbocycles. The molecule has 1 atom stereocenters. The van der Waals surface area contributed by atoms with Crippen LogP contribution in [0.2, 0.25) is 0 Å². The predicted octanol–water partition coefficient (Wildman–Crippen LogP) is 2.04. The molecule has 9 nitrogen and oxygen atoms in total. The summed E-state index contributed by atoms with van der Waals surface area (Å²) in [5, 5.41) is 7.50. The van der Waals surface area contributed by atoms with Crippen LogP contribution in [0.5, 0.6) is 0 Å². The first-order valence-electron chi connectivity index (χ1n) is 10.7. The molecule has 1 saturated carbocycles. The Morgan fingerprint density at radius 2 is 2.06 bits per heavy atom. The lowest BCUT2D eigenvalue weighted by Gasteiger charge is -2.41. The van der Waals surface area contributed by atoms with Gasteiger partial charge in [-0.15, -0.1) is 0 Å². The number of fused-ring (bicyclic) bond motifs is 1. The summed E-state index contributed by atoms with van der Waals surface area (Å²) in [4.78, 5) is 42.0. The van der Waals surface area contributed by atoms with Gasteiger partial charge < -0.3 is 19.5 Å². The van der Waals surface area contributed by atoms with Crippen LogP contribution in [0.4, 0.5) is 0 Å². The molecule has 31 heavy (non-hydrogen) atoms. The zero-order valence-electron chi connectivity index (χ0n) is 18.3. The van der Waals surface area contributed by atoms with Gasteiger partial charge in [0, 0.05) is 26.2 Å². The Labute approximate surface area is 181 Å². The standard InChI is InChI=1S/C22H29N5O4/c1-22(21(30)23-15-8-5-4-6-9-15)14-27-18(20(29)26(22)3)12-17(24-27)19(28)25(2)13-16-10-7-11-31-16/h7,10-12,15H,4-6,8-9,13-14H2,1-3H3,(H,23,30). The number of amides is 3. The second kappa shape index (κ2) is 8.20. The fourth-order valence-corrected chi connectivity index (χ4v) is 4.32. The average Bonchev–Trinajstić information content (AvgIpc) is 3.42. The van der Waals surface area contributed by atoms with E-state index >= 15 is 0 Å². The molecule has 9 heteroatoms. The molecule has 3 heterocycles. The summed E-state index contributed by atoms with van der Waals surface area (Å²) < 4.78 is 6.78. The monoisotopic (exact) mass is 427 g/mol. The number of aromatic nitrogens is 2. The van der Waals surface area contributed by atoms with E-state index in [0.29, 0.717) is 18.0 Å². The highest BCUT2D eigenvalue weighted by atomic mass is 16.3. The van der Waals surface area contributed by atoms with Crippen LogP contribution in [-0.4, -0.2) is 63.0 Å². The number of carbonyl (C=O) groups is 3. The highest BCUT2D eigenvalue weighted by Gasteiger charge is 2.46. The topological polar surface area (TPSA) is 101 Å². The lowest BCUT2D eigenvalue weighted by Crippen LogP contribution is -2.63. The molecule has 0 bridgehead atoms. The third kappa shape index (κ3) is 3.96. The van der Waals surface area contributed by atoms with E-state index in [-0.39, 0.29) is 36.0 Å². The summed E-state index contributed by atoms with van der Waals surface area (Å²) in [6, 6.07) is 5.19. The third-order valence-corrected chi connectivity index (χ3v) is 6.47. The van der Waals surface area contributed by atoms with Gasteiger partial charge in [-0.3, -0.25) is 19.1 Å².